The summed E-state index contributed by atoms with van der Waals surface area (Å²) < 4.78 is 7.31. The van der Waals surface area contributed by atoms with Gasteiger partial charge in [0.2, 0.25) is 0 Å². The summed E-state index contributed by atoms with van der Waals surface area (Å²) in [6.07, 6.45) is 11.9. The van der Waals surface area contributed by atoms with Crippen molar-refractivity contribution >= 4 is 22.7 Å². The zero-order valence-corrected chi connectivity index (χ0v) is 21.0. The second-order valence-electron chi connectivity index (χ2n) is 9.44. The lowest BCUT2D eigenvalue weighted by Gasteiger charge is -2.05. The molecule has 0 bridgehead atoms. The lowest BCUT2D eigenvalue weighted by molar-refractivity contribution is -0.671. The van der Waals surface area contributed by atoms with E-state index in [-0.39, 0.29) is 11.8 Å². The van der Waals surface area contributed by atoms with Gasteiger partial charge in [0.1, 0.15) is 7.05 Å². The maximum atomic E-state index is 12.7. The SMILES string of the molecule is C[n+]1cccc(CC(=O)OCCCCCCCCc2cc3cc(C(=O)c4ccccc4)ccc3[nH]2)c1. The van der Waals surface area contributed by atoms with Gasteiger partial charge in [-0.1, -0.05) is 56.0 Å². The van der Waals surface area contributed by atoms with Crippen molar-refractivity contribution in [3.05, 3.63) is 102 Å². The van der Waals surface area contributed by atoms with E-state index < -0.39 is 0 Å². The van der Waals surface area contributed by atoms with E-state index in [4.69, 9.17) is 4.74 Å². The number of benzene rings is 2. The fourth-order valence-corrected chi connectivity index (χ4v) is 4.51. The third kappa shape index (κ3) is 7.38. The van der Waals surface area contributed by atoms with Crippen molar-refractivity contribution in [3.8, 4) is 0 Å². The number of nitrogens with one attached hydrogen (secondary N) is 1. The molecular weight excluding hydrogens is 448 g/mol. The van der Waals surface area contributed by atoms with Gasteiger partial charge in [-0.3, -0.25) is 9.59 Å². The molecule has 0 aliphatic carbocycles. The molecule has 0 aliphatic rings. The van der Waals surface area contributed by atoms with E-state index >= 15 is 0 Å². The highest BCUT2D eigenvalue weighted by atomic mass is 16.5. The van der Waals surface area contributed by atoms with Crippen LogP contribution in [0.3, 0.4) is 0 Å². The number of ketones is 1. The van der Waals surface area contributed by atoms with Crippen LogP contribution in [-0.4, -0.2) is 23.3 Å². The van der Waals surface area contributed by atoms with E-state index in [1.165, 1.54) is 18.5 Å². The monoisotopic (exact) mass is 483 g/mol. The number of H-pyrrole nitrogens is 1. The molecule has 0 atom stereocenters. The molecule has 2 aromatic heterocycles. The van der Waals surface area contributed by atoms with Gasteiger partial charge in [0.15, 0.2) is 18.2 Å². The van der Waals surface area contributed by atoms with Crippen molar-refractivity contribution in [2.24, 2.45) is 7.05 Å². The molecule has 5 nitrogen and oxygen atoms in total. The molecule has 4 aromatic rings. The van der Waals surface area contributed by atoms with E-state index in [2.05, 4.69) is 11.1 Å². The summed E-state index contributed by atoms with van der Waals surface area (Å²) in [5.74, 6) is -0.100. The van der Waals surface area contributed by atoms with Gasteiger partial charge in [-0.15, -0.1) is 0 Å². The Labute approximate surface area is 213 Å². The predicted octanol–water partition coefficient (Wildman–Crippen LogP) is 5.89. The first kappa shape index (κ1) is 25.4. The summed E-state index contributed by atoms with van der Waals surface area (Å²) in [6, 6.07) is 21.3. The molecule has 0 spiro atoms. The van der Waals surface area contributed by atoms with Crippen LogP contribution in [0.1, 0.15) is 65.7 Å². The molecule has 0 amide bonds. The minimum atomic E-state index is -0.156. The summed E-state index contributed by atoms with van der Waals surface area (Å²) in [5.41, 5.74) is 4.70. The number of hydrogen-bond donors (Lipinski definition) is 1. The van der Waals surface area contributed by atoms with Gasteiger partial charge in [-0.25, -0.2) is 4.57 Å². The number of pyridine rings is 1. The van der Waals surface area contributed by atoms with Crippen LogP contribution in [-0.2, 0) is 29.4 Å². The number of aromatic nitrogens is 2. The largest absolute Gasteiger partial charge is 0.465 e. The van der Waals surface area contributed by atoms with Gasteiger partial charge < -0.3 is 9.72 Å². The Morgan fingerprint density at radius 3 is 2.42 bits per heavy atom. The lowest BCUT2D eigenvalue weighted by atomic mass is 10.0. The topological polar surface area (TPSA) is 63.0 Å². The summed E-state index contributed by atoms with van der Waals surface area (Å²) in [6.45, 7) is 0.502. The molecule has 0 aliphatic heterocycles. The molecule has 0 fully saturated rings. The number of fused-ring (bicyclic) bond motifs is 1. The van der Waals surface area contributed by atoms with E-state index in [9.17, 15) is 9.59 Å². The first-order chi connectivity index (χ1) is 17.6. The Morgan fingerprint density at radius 2 is 1.61 bits per heavy atom. The van der Waals surface area contributed by atoms with Gasteiger partial charge >= 0.3 is 5.97 Å². The minimum Gasteiger partial charge on any atom is -0.465 e. The second-order valence-corrected chi connectivity index (χ2v) is 9.44. The van der Waals surface area contributed by atoms with Gasteiger partial charge in [0, 0.05) is 39.4 Å². The molecule has 4 rings (SSSR count). The quantitative estimate of drug-likeness (QED) is 0.112. The van der Waals surface area contributed by atoms with E-state index in [0.29, 0.717) is 18.6 Å². The molecule has 0 saturated carbocycles. The van der Waals surface area contributed by atoms with Gasteiger partial charge in [0.05, 0.1) is 13.0 Å². The molecule has 2 aromatic carbocycles. The highest BCUT2D eigenvalue weighted by Crippen LogP contribution is 2.21. The Morgan fingerprint density at radius 1 is 0.833 bits per heavy atom. The third-order valence-corrected chi connectivity index (χ3v) is 6.43. The van der Waals surface area contributed by atoms with Crippen molar-refractivity contribution in [2.75, 3.05) is 6.61 Å². The molecule has 186 valence electrons. The second kappa shape index (κ2) is 12.8. The zero-order chi connectivity index (χ0) is 25.2. The summed E-state index contributed by atoms with van der Waals surface area (Å²) in [5, 5.41) is 1.09. The van der Waals surface area contributed by atoms with Crippen molar-refractivity contribution in [3.63, 3.8) is 0 Å². The average molecular weight is 484 g/mol. The maximum absolute atomic E-state index is 12.7. The van der Waals surface area contributed by atoms with Crippen LogP contribution in [0.15, 0.2) is 79.1 Å². The Hall–Kier alpha value is -3.73. The first-order valence-corrected chi connectivity index (χ1v) is 12.9. The number of ether oxygens (including phenoxy) is 1. The van der Waals surface area contributed by atoms with Crippen LogP contribution in [0, 0.1) is 0 Å². The number of aryl methyl sites for hydroxylation is 2. The number of aromatic amines is 1. The average Bonchev–Trinajstić information content (AvgIpc) is 3.30. The van der Waals surface area contributed by atoms with Gasteiger partial charge in [-0.05, 0) is 49.6 Å². The fraction of sp³-hybridized carbons (Fsp3) is 0.323. The summed E-state index contributed by atoms with van der Waals surface area (Å²) >= 11 is 0. The maximum Gasteiger partial charge on any atom is 0.310 e. The number of carbonyl (C=O) groups is 2. The number of unbranched alkanes of at least 4 members (excludes halogenated alkanes) is 5. The lowest BCUT2D eigenvalue weighted by Crippen LogP contribution is -2.27. The number of nitrogens with zero attached hydrogens (tertiary/aromatic N) is 1. The Balaban J connectivity index is 1.10. The van der Waals surface area contributed by atoms with Crippen molar-refractivity contribution < 1.29 is 18.9 Å². The molecular formula is C31H35N2O3+. The fourth-order valence-electron chi connectivity index (χ4n) is 4.51. The minimum absolute atomic E-state index is 0.0559. The molecule has 1 N–H and O–H groups in total. The molecule has 5 heteroatoms. The van der Waals surface area contributed by atoms with Crippen LogP contribution in [0.2, 0.25) is 0 Å². The Bertz CT molecular complexity index is 1290. The van der Waals surface area contributed by atoms with Crippen LogP contribution in [0.4, 0.5) is 0 Å². The summed E-state index contributed by atoms with van der Waals surface area (Å²) in [4.78, 5) is 28.2. The predicted molar refractivity (Wildman–Crippen MR) is 142 cm³/mol. The van der Waals surface area contributed by atoms with Crippen molar-refractivity contribution in [1.82, 2.24) is 4.98 Å². The first-order valence-electron chi connectivity index (χ1n) is 12.9. The molecule has 0 radical (unpaired) electrons. The van der Waals surface area contributed by atoms with E-state index in [1.54, 1.807) is 0 Å². The van der Waals surface area contributed by atoms with Gasteiger partial charge in [0.25, 0.3) is 0 Å². The number of hydrogen-bond acceptors (Lipinski definition) is 3. The molecule has 36 heavy (non-hydrogen) atoms. The Kier molecular flexibility index (Phi) is 9.03. The molecule has 2 heterocycles. The molecule has 0 saturated heterocycles. The van der Waals surface area contributed by atoms with Crippen LogP contribution in [0.25, 0.3) is 10.9 Å². The van der Waals surface area contributed by atoms with Crippen molar-refractivity contribution in [2.45, 2.75) is 51.4 Å². The highest BCUT2D eigenvalue weighted by Gasteiger charge is 2.11. The highest BCUT2D eigenvalue weighted by molar-refractivity contribution is 6.10. The third-order valence-electron chi connectivity index (χ3n) is 6.43. The molecule has 0 unspecified atom stereocenters. The van der Waals surface area contributed by atoms with Gasteiger partial charge in [-0.2, -0.15) is 0 Å². The number of esters is 1. The van der Waals surface area contributed by atoms with Crippen molar-refractivity contribution in [1.29, 1.82) is 0 Å². The van der Waals surface area contributed by atoms with Crippen LogP contribution < -0.4 is 4.57 Å². The summed E-state index contributed by atoms with van der Waals surface area (Å²) in [7, 11) is 1.95. The van der Waals surface area contributed by atoms with Crippen LogP contribution in [0.5, 0.6) is 0 Å². The standard InChI is InChI=1S/C31H34N2O3/c1-33-18-11-12-24(23-33)20-30(34)36-19-10-5-3-2-4-9-15-28-22-27-21-26(16-17-29(27)32-28)31(35)25-13-7-6-8-14-25/h6-8,11-14,16-18,21-23H,2-5,9-10,15,19-20H2,1H3/p+1. The smallest absolute Gasteiger partial charge is 0.310 e. The number of carbonyl (C=O) groups excluding carboxylic acids is 2. The number of rotatable bonds is 13. The normalized spacial score (nSPS) is 11.0. The van der Waals surface area contributed by atoms with E-state index in [0.717, 1.165) is 54.1 Å². The zero-order valence-electron chi connectivity index (χ0n) is 21.0. The van der Waals surface area contributed by atoms with Crippen LogP contribution >= 0.6 is 0 Å². The van der Waals surface area contributed by atoms with E-state index in [1.807, 2.05) is 84.7 Å².